The Morgan fingerprint density at radius 1 is 1.62 bits per heavy atom. The highest BCUT2D eigenvalue weighted by Crippen LogP contribution is 2.22. The number of halogens is 1. The molecule has 0 aliphatic carbocycles. The summed E-state index contributed by atoms with van der Waals surface area (Å²) in [6, 6.07) is 2.91. The van der Waals surface area contributed by atoms with Crippen LogP contribution in [0.5, 0.6) is 5.75 Å². The van der Waals surface area contributed by atoms with E-state index in [0.29, 0.717) is 4.60 Å². The number of nitrogens with one attached hydrogen (secondary N) is 1. The molecule has 1 amide bonds. The molecule has 0 fully saturated rings. The minimum atomic E-state index is -0.645. The molecule has 1 aromatic rings. The number of hydrogen-bond donors (Lipinski definition) is 3. The van der Waals surface area contributed by atoms with Crippen molar-refractivity contribution in [1.29, 1.82) is 0 Å². The van der Waals surface area contributed by atoms with E-state index in [1.165, 1.54) is 12.1 Å². The fraction of sp³-hybridized carbons (Fsp3) is 0.143. The van der Waals surface area contributed by atoms with Gasteiger partial charge in [0.2, 0.25) is 0 Å². The molecule has 0 saturated heterocycles. The molecule has 13 heavy (non-hydrogen) atoms. The molecule has 6 heteroatoms. The van der Waals surface area contributed by atoms with Gasteiger partial charge in [-0.1, -0.05) is 0 Å². The van der Waals surface area contributed by atoms with Crippen molar-refractivity contribution in [3.05, 3.63) is 16.7 Å². The molecule has 0 spiro atoms. The van der Waals surface area contributed by atoms with Gasteiger partial charge in [0.1, 0.15) is 11.2 Å². The molecule has 1 aromatic heterocycles. The summed E-state index contributed by atoms with van der Waals surface area (Å²) in [6.07, 6.45) is 0. The zero-order chi connectivity index (χ0) is 9.84. The number of carbonyl (C=O) groups excluding carboxylic acids is 1. The average Bonchev–Trinajstić information content (AvgIpc) is 2.11. The van der Waals surface area contributed by atoms with Gasteiger partial charge in [0, 0.05) is 0 Å². The van der Waals surface area contributed by atoms with Crippen molar-refractivity contribution >= 4 is 27.7 Å². The van der Waals surface area contributed by atoms with Gasteiger partial charge in [-0.3, -0.25) is 4.79 Å². The van der Waals surface area contributed by atoms with E-state index < -0.39 is 12.5 Å². The number of aromatic hydroxyl groups is 1. The van der Waals surface area contributed by atoms with Gasteiger partial charge in [0.25, 0.3) is 5.91 Å². The van der Waals surface area contributed by atoms with Crippen LogP contribution in [-0.2, 0) is 4.79 Å². The molecule has 0 aliphatic heterocycles. The van der Waals surface area contributed by atoms with Gasteiger partial charge in [-0.15, -0.1) is 0 Å². The van der Waals surface area contributed by atoms with Crippen molar-refractivity contribution in [1.82, 2.24) is 4.98 Å². The van der Waals surface area contributed by atoms with Crippen LogP contribution in [0.25, 0.3) is 0 Å². The Bertz CT molecular complexity index is 330. The van der Waals surface area contributed by atoms with Crippen LogP contribution >= 0.6 is 15.9 Å². The largest absolute Gasteiger partial charge is 0.504 e. The monoisotopic (exact) mass is 246 g/mol. The Balaban J connectivity index is 2.87. The topological polar surface area (TPSA) is 82.5 Å². The number of pyridine rings is 1. The first-order valence-corrected chi connectivity index (χ1v) is 4.19. The molecule has 1 heterocycles. The fourth-order valence-corrected chi connectivity index (χ4v) is 1.00. The molecule has 3 N–H and O–H groups in total. The van der Waals surface area contributed by atoms with Crippen LogP contribution in [0.2, 0.25) is 0 Å². The van der Waals surface area contributed by atoms with Crippen LogP contribution in [0.15, 0.2) is 16.7 Å². The first-order valence-electron chi connectivity index (χ1n) is 3.39. The van der Waals surface area contributed by atoms with Crippen LogP contribution < -0.4 is 5.32 Å². The number of aliphatic hydroxyl groups excluding tert-OH is 1. The minimum Gasteiger partial charge on any atom is -0.504 e. The molecule has 0 atom stereocenters. The minimum absolute atomic E-state index is 0.0217. The van der Waals surface area contributed by atoms with Crippen LogP contribution in [0, 0.1) is 0 Å². The first kappa shape index (κ1) is 9.94. The van der Waals surface area contributed by atoms with Crippen molar-refractivity contribution in [2.45, 2.75) is 0 Å². The number of nitrogens with zero attached hydrogens (tertiary/aromatic N) is 1. The highest BCUT2D eigenvalue weighted by Gasteiger charge is 2.06. The zero-order valence-electron chi connectivity index (χ0n) is 6.49. The van der Waals surface area contributed by atoms with E-state index in [1.807, 2.05) is 0 Å². The number of hydrogen-bond acceptors (Lipinski definition) is 4. The maximum atomic E-state index is 10.7. The molecule has 0 aliphatic rings. The number of carbonyl (C=O) groups is 1. The number of rotatable bonds is 2. The SMILES string of the molecule is O=C(CO)Nc1nc(Br)ccc1O. The lowest BCUT2D eigenvalue weighted by Crippen LogP contribution is -2.16. The highest BCUT2D eigenvalue weighted by molar-refractivity contribution is 9.10. The molecule has 0 radical (unpaired) electrons. The fourth-order valence-electron chi connectivity index (χ4n) is 0.692. The van der Waals surface area contributed by atoms with Gasteiger partial charge in [-0.05, 0) is 28.1 Å². The third-order valence-electron chi connectivity index (χ3n) is 1.24. The van der Waals surface area contributed by atoms with Crippen molar-refractivity contribution in [2.75, 3.05) is 11.9 Å². The zero-order valence-corrected chi connectivity index (χ0v) is 8.08. The second-order valence-electron chi connectivity index (χ2n) is 2.21. The summed E-state index contributed by atoms with van der Waals surface area (Å²) in [4.78, 5) is 14.5. The second-order valence-corrected chi connectivity index (χ2v) is 3.02. The summed E-state index contributed by atoms with van der Waals surface area (Å²) in [5.41, 5.74) is 0. The van der Waals surface area contributed by atoms with Gasteiger partial charge in [-0.25, -0.2) is 4.98 Å². The van der Waals surface area contributed by atoms with E-state index in [0.717, 1.165) is 0 Å². The number of anilines is 1. The summed E-state index contributed by atoms with van der Waals surface area (Å²) >= 11 is 3.07. The van der Waals surface area contributed by atoms with Crippen molar-refractivity contribution in [2.24, 2.45) is 0 Å². The summed E-state index contributed by atoms with van der Waals surface area (Å²) in [5.74, 6) is -0.751. The smallest absolute Gasteiger partial charge is 0.251 e. The van der Waals surface area contributed by atoms with E-state index in [9.17, 15) is 9.90 Å². The van der Waals surface area contributed by atoms with E-state index in [1.54, 1.807) is 0 Å². The maximum absolute atomic E-state index is 10.7. The van der Waals surface area contributed by atoms with Crippen molar-refractivity contribution in [3.63, 3.8) is 0 Å². The quantitative estimate of drug-likeness (QED) is 0.664. The van der Waals surface area contributed by atoms with E-state index in [4.69, 9.17) is 5.11 Å². The third-order valence-corrected chi connectivity index (χ3v) is 1.68. The van der Waals surface area contributed by atoms with Crippen molar-refractivity contribution < 1.29 is 15.0 Å². The van der Waals surface area contributed by atoms with Gasteiger partial charge in [-0.2, -0.15) is 0 Å². The van der Waals surface area contributed by atoms with E-state index in [-0.39, 0.29) is 11.6 Å². The summed E-state index contributed by atoms with van der Waals surface area (Å²) in [5, 5.41) is 19.8. The number of aliphatic hydroxyl groups is 1. The van der Waals surface area contributed by atoms with Crippen LogP contribution in [0.1, 0.15) is 0 Å². The molecule has 0 saturated carbocycles. The Morgan fingerprint density at radius 2 is 2.31 bits per heavy atom. The Hall–Kier alpha value is -1.14. The predicted molar refractivity (Wildman–Crippen MR) is 49.3 cm³/mol. The van der Waals surface area contributed by atoms with Crippen molar-refractivity contribution in [3.8, 4) is 5.75 Å². The van der Waals surface area contributed by atoms with Crippen LogP contribution in [-0.4, -0.2) is 27.7 Å². The molecule has 1 rings (SSSR count). The average molecular weight is 247 g/mol. The predicted octanol–water partition coefficient (Wildman–Crippen LogP) is 0.480. The standard InChI is InChI=1S/C7H7BrN2O3/c8-5-2-1-4(12)7(9-5)10-6(13)3-11/h1-2,11-12H,3H2,(H,9,10,13). The summed E-state index contributed by atoms with van der Waals surface area (Å²) < 4.78 is 0.485. The first-order chi connectivity index (χ1) is 6.13. The number of amides is 1. The Morgan fingerprint density at radius 3 is 2.92 bits per heavy atom. The lowest BCUT2D eigenvalue weighted by Gasteiger charge is -2.04. The van der Waals surface area contributed by atoms with Gasteiger partial charge >= 0.3 is 0 Å². The van der Waals surface area contributed by atoms with Gasteiger partial charge in [0.15, 0.2) is 11.6 Å². The molecule has 0 unspecified atom stereocenters. The molecular weight excluding hydrogens is 240 g/mol. The molecule has 70 valence electrons. The molecular formula is C7H7BrN2O3. The lowest BCUT2D eigenvalue weighted by atomic mass is 10.4. The highest BCUT2D eigenvalue weighted by atomic mass is 79.9. The van der Waals surface area contributed by atoms with Gasteiger partial charge < -0.3 is 15.5 Å². The van der Waals surface area contributed by atoms with Crippen LogP contribution in [0.3, 0.4) is 0 Å². The van der Waals surface area contributed by atoms with E-state index in [2.05, 4.69) is 26.2 Å². The number of aromatic nitrogens is 1. The summed E-state index contributed by atoms with van der Waals surface area (Å²) in [7, 11) is 0. The molecule has 0 bridgehead atoms. The Kier molecular flexibility index (Phi) is 3.21. The third kappa shape index (κ3) is 2.67. The molecule has 0 aromatic carbocycles. The maximum Gasteiger partial charge on any atom is 0.251 e. The lowest BCUT2D eigenvalue weighted by molar-refractivity contribution is -0.118. The second kappa shape index (κ2) is 4.20. The summed E-state index contributed by atoms with van der Waals surface area (Å²) in [6.45, 7) is -0.645. The van der Waals surface area contributed by atoms with Crippen LogP contribution in [0.4, 0.5) is 5.82 Å². The Labute approximate surface area is 82.5 Å². The normalized spacial score (nSPS) is 9.69. The van der Waals surface area contributed by atoms with E-state index >= 15 is 0 Å². The van der Waals surface area contributed by atoms with Gasteiger partial charge in [0.05, 0.1) is 0 Å². The molecule has 5 nitrogen and oxygen atoms in total.